The van der Waals surface area contributed by atoms with E-state index in [1.807, 2.05) is 36.4 Å². The van der Waals surface area contributed by atoms with Crippen molar-refractivity contribution in [3.63, 3.8) is 0 Å². The Kier molecular flexibility index (Phi) is 5.65. The van der Waals surface area contributed by atoms with Crippen LogP contribution >= 0.6 is 15.9 Å². The van der Waals surface area contributed by atoms with Gasteiger partial charge in [0.25, 0.3) is 0 Å². The molecule has 2 rings (SSSR count). The highest BCUT2D eigenvalue weighted by atomic mass is 79.9. The van der Waals surface area contributed by atoms with Crippen molar-refractivity contribution in [1.82, 2.24) is 0 Å². The van der Waals surface area contributed by atoms with Crippen LogP contribution in [0.1, 0.15) is 24.5 Å². The van der Waals surface area contributed by atoms with Gasteiger partial charge in [-0.3, -0.25) is 0 Å². The number of hydrogen-bond donors (Lipinski definition) is 1. The zero-order valence-corrected chi connectivity index (χ0v) is 13.5. The standard InChI is InChI=1S/C17H17BrN2O/c1-2-9-21-16-7-3-13(4-8-16)12-20-17-10-15(18)6-5-14(17)11-19/h3-8,10,20H,2,9,12H2,1H3. The average Bonchev–Trinajstić information content (AvgIpc) is 2.52. The van der Waals surface area contributed by atoms with Gasteiger partial charge in [-0.1, -0.05) is 35.0 Å². The summed E-state index contributed by atoms with van der Waals surface area (Å²) in [5.41, 5.74) is 2.61. The number of rotatable bonds is 6. The van der Waals surface area contributed by atoms with Gasteiger partial charge in [0.1, 0.15) is 11.8 Å². The van der Waals surface area contributed by atoms with Crippen LogP contribution in [0, 0.1) is 11.3 Å². The average molecular weight is 345 g/mol. The molecule has 108 valence electrons. The molecular weight excluding hydrogens is 328 g/mol. The van der Waals surface area contributed by atoms with Gasteiger partial charge in [-0.25, -0.2) is 0 Å². The number of nitriles is 1. The minimum Gasteiger partial charge on any atom is -0.494 e. The minimum absolute atomic E-state index is 0.640. The predicted octanol–water partition coefficient (Wildman–Crippen LogP) is 4.72. The number of hydrogen-bond acceptors (Lipinski definition) is 3. The van der Waals surface area contributed by atoms with Crippen molar-refractivity contribution in [2.45, 2.75) is 19.9 Å². The summed E-state index contributed by atoms with van der Waals surface area (Å²) in [5.74, 6) is 0.890. The van der Waals surface area contributed by atoms with Crippen LogP contribution in [0.15, 0.2) is 46.9 Å². The molecule has 0 saturated heterocycles. The molecule has 0 spiro atoms. The Hall–Kier alpha value is -1.99. The third kappa shape index (κ3) is 4.51. The normalized spacial score (nSPS) is 9.95. The third-order valence-electron chi connectivity index (χ3n) is 2.98. The first-order valence-electron chi connectivity index (χ1n) is 6.88. The fourth-order valence-electron chi connectivity index (χ4n) is 1.88. The van der Waals surface area contributed by atoms with Crippen molar-refractivity contribution in [3.8, 4) is 11.8 Å². The number of ether oxygens (including phenoxy) is 1. The van der Waals surface area contributed by atoms with Gasteiger partial charge >= 0.3 is 0 Å². The lowest BCUT2D eigenvalue weighted by atomic mass is 10.1. The minimum atomic E-state index is 0.640. The smallest absolute Gasteiger partial charge is 0.119 e. The van der Waals surface area contributed by atoms with Crippen LogP contribution in [0.25, 0.3) is 0 Å². The molecule has 0 aliphatic rings. The molecule has 0 bridgehead atoms. The molecule has 0 radical (unpaired) electrons. The summed E-state index contributed by atoms with van der Waals surface area (Å²) in [6, 6.07) is 15.8. The van der Waals surface area contributed by atoms with Gasteiger partial charge in [-0.2, -0.15) is 5.26 Å². The molecule has 3 nitrogen and oxygen atoms in total. The Balaban J connectivity index is 2.00. The summed E-state index contributed by atoms with van der Waals surface area (Å²) in [4.78, 5) is 0. The van der Waals surface area contributed by atoms with Crippen molar-refractivity contribution in [3.05, 3.63) is 58.1 Å². The molecule has 0 aliphatic carbocycles. The second-order valence-electron chi connectivity index (χ2n) is 4.65. The van der Waals surface area contributed by atoms with Crippen LogP contribution in [-0.2, 0) is 6.54 Å². The third-order valence-corrected chi connectivity index (χ3v) is 3.47. The molecule has 0 aromatic heterocycles. The summed E-state index contributed by atoms with van der Waals surface area (Å²) in [7, 11) is 0. The first kappa shape index (κ1) is 15.4. The van der Waals surface area contributed by atoms with Crippen LogP contribution in [0.2, 0.25) is 0 Å². The molecule has 4 heteroatoms. The molecule has 0 amide bonds. The lowest BCUT2D eigenvalue weighted by Gasteiger charge is -2.10. The van der Waals surface area contributed by atoms with E-state index in [4.69, 9.17) is 10.00 Å². The van der Waals surface area contributed by atoms with Gasteiger partial charge < -0.3 is 10.1 Å². The van der Waals surface area contributed by atoms with Crippen LogP contribution in [0.5, 0.6) is 5.75 Å². The van der Waals surface area contributed by atoms with E-state index < -0.39 is 0 Å². The van der Waals surface area contributed by atoms with Gasteiger partial charge in [0.2, 0.25) is 0 Å². The molecule has 0 atom stereocenters. The Morgan fingerprint density at radius 2 is 1.95 bits per heavy atom. The van der Waals surface area contributed by atoms with E-state index in [1.54, 1.807) is 6.07 Å². The molecule has 2 aromatic carbocycles. The quantitative estimate of drug-likeness (QED) is 0.824. The predicted molar refractivity (Wildman–Crippen MR) is 88.4 cm³/mol. The molecular formula is C17H17BrN2O. The summed E-state index contributed by atoms with van der Waals surface area (Å²) in [6.07, 6.45) is 1.00. The Morgan fingerprint density at radius 3 is 2.62 bits per heavy atom. The van der Waals surface area contributed by atoms with Crippen molar-refractivity contribution in [2.24, 2.45) is 0 Å². The van der Waals surface area contributed by atoms with Crippen LogP contribution in [0.3, 0.4) is 0 Å². The fraction of sp³-hybridized carbons (Fsp3) is 0.235. The molecule has 0 fully saturated rings. The molecule has 1 N–H and O–H groups in total. The largest absolute Gasteiger partial charge is 0.494 e. The van der Waals surface area contributed by atoms with Crippen LogP contribution in [-0.4, -0.2) is 6.61 Å². The monoisotopic (exact) mass is 344 g/mol. The van der Waals surface area contributed by atoms with E-state index in [9.17, 15) is 0 Å². The maximum atomic E-state index is 9.10. The van der Waals surface area contributed by atoms with Gasteiger partial charge in [-0.15, -0.1) is 0 Å². The van der Waals surface area contributed by atoms with Crippen molar-refractivity contribution in [1.29, 1.82) is 5.26 Å². The van der Waals surface area contributed by atoms with Crippen molar-refractivity contribution < 1.29 is 4.74 Å². The second-order valence-corrected chi connectivity index (χ2v) is 5.56. The van der Waals surface area contributed by atoms with E-state index in [0.717, 1.165) is 34.5 Å². The maximum Gasteiger partial charge on any atom is 0.119 e. The zero-order chi connectivity index (χ0) is 15.1. The number of benzene rings is 2. The highest BCUT2D eigenvalue weighted by Crippen LogP contribution is 2.22. The summed E-state index contributed by atoms with van der Waals surface area (Å²) in [6.45, 7) is 3.49. The van der Waals surface area contributed by atoms with Crippen molar-refractivity contribution >= 4 is 21.6 Å². The van der Waals surface area contributed by atoms with Gasteiger partial charge in [-0.05, 0) is 42.3 Å². The van der Waals surface area contributed by atoms with E-state index in [0.29, 0.717) is 12.1 Å². The summed E-state index contributed by atoms with van der Waals surface area (Å²) < 4.78 is 6.51. The number of nitrogens with one attached hydrogen (secondary N) is 1. The maximum absolute atomic E-state index is 9.10. The van der Waals surface area contributed by atoms with Crippen LogP contribution in [0.4, 0.5) is 5.69 Å². The summed E-state index contributed by atoms with van der Waals surface area (Å²) in [5, 5.41) is 12.4. The topological polar surface area (TPSA) is 45.0 Å². The number of halogens is 1. The lowest BCUT2D eigenvalue weighted by molar-refractivity contribution is 0.317. The highest BCUT2D eigenvalue weighted by Gasteiger charge is 2.03. The lowest BCUT2D eigenvalue weighted by Crippen LogP contribution is -2.01. The molecule has 0 unspecified atom stereocenters. The Labute approximate surface area is 133 Å². The first-order chi connectivity index (χ1) is 10.2. The van der Waals surface area contributed by atoms with Gasteiger partial charge in [0, 0.05) is 11.0 Å². The molecule has 0 aliphatic heterocycles. The van der Waals surface area contributed by atoms with E-state index in [1.165, 1.54) is 0 Å². The highest BCUT2D eigenvalue weighted by molar-refractivity contribution is 9.10. The second kappa shape index (κ2) is 7.70. The van der Waals surface area contributed by atoms with Gasteiger partial charge in [0.15, 0.2) is 0 Å². The van der Waals surface area contributed by atoms with E-state index >= 15 is 0 Å². The van der Waals surface area contributed by atoms with Crippen LogP contribution < -0.4 is 10.1 Å². The molecule has 2 aromatic rings. The molecule has 0 saturated carbocycles. The molecule has 0 heterocycles. The SMILES string of the molecule is CCCOc1ccc(CNc2cc(Br)ccc2C#N)cc1. The first-order valence-corrected chi connectivity index (χ1v) is 7.67. The summed E-state index contributed by atoms with van der Waals surface area (Å²) >= 11 is 3.42. The zero-order valence-electron chi connectivity index (χ0n) is 11.9. The fourth-order valence-corrected chi connectivity index (χ4v) is 2.24. The van der Waals surface area contributed by atoms with Crippen molar-refractivity contribution in [2.75, 3.05) is 11.9 Å². The Bertz CT molecular complexity index is 632. The number of nitrogens with zero attached hydrogens (tertiary/aromatic N) is 1. The number of anilines is 1. The van der Waals surface area contributed by atoms with Gasteiger partial charge in [0.05, 0.1) is 17.9 Å². The Morgan fingerprint density at radius 1 is 1.19 bits per heavy atom. The molecule has 21 heavy (non-hydrogen) atoms. The van der Waals surface area contributed by atoms with E-state index in [2.05, 4.69) is 34.2 Å². The van der Waals surface area contributed by atoms with E-state index in [-0.39, 0.29) is 0 Å².